The van der Waals surface area contributed by atoms with Crippen molar-refractivity contribution in [1.82, 2.24) is 0 Å². The van der Waals surface area contributed by atoms with Crippen molar-refractivity contribution in [2.24, 2.45) is 0 Å². The molecule has 3 nitrogen and oxygen atoms in total. The van der Waals surface area contributed by atoms with Gasteiger partial charge in [-0.2, -0.15) is 0 Å². The number of rotatable bonds is 6. The molecule has 1 aromatic carbocycles. The quantitative estimate of drug-likeness (QED) is 0.444. The maximum absolute atomic E-state index is 8.65. The first kappa shape index (κ1) is 12.2. The summed E-state index contributed by atoms with van der Waals surface area (Å²) in [5.74, 6) is 1.81. The van der Waals surface area contributed by atoms with E-state index in [0.717, 1.165) is 29.2 Å². The van der Waals surface area contributed by atoms with E-state index in [9.17, 15) is 0 Å². The molecule has 0 aliphatic carbocycles. The number of anilines is 1. The van der Waals surface area contributed by atoms with Gasteiger partial charge in [-0.05, 0) is 30.7 Å². The van der Waals surface area contributed by atoms with Crippen LogP contribution in [0.5, 0.6) is 5.75 Å². The lowest BCUT2D eigenvalue weighted by molar-refractivity contribution is 0.287. The van der Waals surface area contributed by atoms with E-state index in [-0.39, 0.29) is 6.61 Å². The molecule has 0 radical (unpaired) electrons. The molecule has 1 aromatic rings. The first-order chi connectivity index (χ1) is 7.27. The average Bonchev–Trinajstić information content (AvgIpc) is 2.26. The van der Waals surface area contributed by atoms with E-state index in [2.05, 4.69) is 0 Å². The number of nitrogen functional groups attached to an aromatic ring is 1. The standard InChI is InChI=1S/C11H17NO2S/c1-14-10-8-9(12)4-5-11(10)15-7-3-2-6-13/h4-5,8,13H,2-3,6-7,12H2,1H3. The van der Waals surface area contributed by atoms with E-state index in [4.69, 9.17) is 15.6 Å². The molecule has 0 aromatic heterocycles. The highest BCUT2D eigenvalue weighted by Crippen LogP contribution is 2.31. The molecule has 15 heavy (non-hydrogen) atoms. The largest absolute Gasteiger partial charge is 0.496 e. The molecule has 0 atom stereocenters. The maximum atomic E-state index is 8.65. The topological polar surface area (TPSA) is 55.5 Å². The maximum Gasteiger partial charge on any atom is 0.134 e. The van der Waals surface area contributed by atoms with Crippen LogP contribution < -0.4 is 10.5 Å². The normalized spacial score (nSPS) is 10.3. The molecule has 1 rings (SSSR count). The molecule has 0 aliphatic rings. The summed E-state index contributed by atoms with van der Waals surface area (Å²) in [6.07, 6.45) is 1.86. The molecule has 0 aliphatic heterocycles. The minimum atomic E-state index is 0.263. The van der Waals surface area contributed by atoms with Crippen LogP contribution in [0.3, 0.4) is 0 Å². The molecule has 4 heteroatoms. The van der Waals surface area contributed by atoms with E-state index in [1.807, 2.05) is 18.2 Å². The lowest BCUT2D eigenvalue weighted by Crippen LogP contribution is -1.91. The van der Waals surface area contributed by atoms with E-state index in [0.29, 0.717) is 5.69 Å². The molecule has 3 N–H and O–H groups in total. The third-order valence-electron chi connectivity index (χ3n) is 2.00. The summed E-state index contributed by atoms with van der Waals surface area (Å²) in [5, 5.41) is 8.65. The van der Waals surface area contributed by atoms with Crippen LogP contribution in [-0.4, -0.2) is 24.6 Å². The molecule has 0 bridgehead atoms. The Morgan fingerprint density at radius 3 is 2.87 bits per heavy atom. The van der Waals surface area contributed by atoms with Crippen molar-refractivity contribution in [3.63, 3.8) is 0 Å². The van der Waals surface area contributed by atoms with E-state index >= 15 is 0 Å². The first-order valence-electron chi connectivity index (χ1n) is 4.95. The van der Waals surface area contributed by atoms with Gasteiger partial charge in [-0.15, -0.1) is 11.8 Å². The lowest BCUT2D eigenvalue weighted by atomic mass is 10.3. The Kier molecular flexibility index (Phi) is 5.36. The van der Waals surface area contributed by atoms with E-state index < -0.39 is 0 Å². The Bertz CT molecular complexity index is 305. The van der Waals surface area contributed by atoms with Gasteiger partial charge in [-0.3, -0.25) is 0 Å². The summed E-state index contributed by atoms with van der Waals surface area (Å²) in [5.41, 5.74) is 6.37. The van der Waals surface area contributed by atoms with Gasteiger partial charge in [-0.25, -0.2) is 0 Å². The third kappa shape index (κ3) is 4.01. The Balaban J connectivity index is 2.52. The third-order valence-corrected chi connectivity index (χ3v) is 3.14. The summed E-state index contributed by atoms with van der Waals surface area (Å²) in [6.45, 7) is 0.263. The minimum Gasteiger partial charge on any atom is -0.496 e. The Hall–Kier alpha value is -0.870. The van der Waals surface area contributed by atoms with Gasteiger partial charge in [0.25, 0.3) is 0 Å². The Labute approximate surface area is 94.6 Å². The number of thioether (sulfide) groups is 1. The van der Waals surface area contributed by atoms with Gasteiger partial charge in [0.05, 0.1) is 7.11 Å². The number of benzene rings is 1. The summed E-state index contributed by atoms with van der Waals surface area (Å²) >= 11 is 1.73. The van der Waals surface area contributed by atoms with Gasteiger partial charge >= 0.3 is 0 Å². The number of hydrogen-bond donors (Lipinski definition) is 2. The highest BCUT2D eigenvalue weighted by Gasteiger charge is 2.03. The van der Waals surface area contributed by atoms with Crippen molar-refractivity contribution in [3.8, 4) is 5.75 Å². The molecule has 0 fully saturated rings. The fourth-order valence-corrected chi connectivity index (χ4v) is 2.22. The monoisotopic (exact) mass is 227 g/mol. The van der Waals surface area contributed by atoms with Crippen LogP contribution in [0.2, 0.25) is 0 Å². The van der Waals surface area contributed by atoms with Crippen LogP contribution in [-0.2, 0) is 0 Å². The zero-order valence-electron chi connectivity index (χ0n) is 8.90. The predicted octanol–water partition coefficient (Wildman–Crippen LogP) is 2.14. The number of aliphatic hydroxyl groups excluding tert-OH is 1. The van der Waals surface area contributed by atoms with Gasteiger partial charge in [0, 0.05) is 23.3 Å². The van der Waals surface area contributed by atoms with Gasteiger partial charge < -0.3 is 15.6 Å². The molecule has 0 saturated heterocycles. The second-order valence-electron chi connectivity index (χ2n) is 3.19. The van der Waals surface area contributed by atoms with Crippen molar-refractivity contribution in [1.29, 1.82) is 0 Å². The number of methoxy groups -OCH3 is 1. The number of ether oxygens (including phenoxy) is 1. The summed E-state index contributed by atoms with van der Waals surface area (Å²) < 4.78 is 5.23. The molecular weight excluding hydrogens is 210 g/mol. The number of aliphatic hydroxyl groups is 1. The highest BCUT2D eigenvalue weighted by molar-refractivity contribution is 7.99. The molecule has 0 unspecified atom stereocenters. The molecule has 0 heterocycles. The van der Waals surface area contributed by atoms with Crippen LogP contribution in [0.1, 0.15) is 12.8 Å². The zero-order chi connectivity index (χ0) is 11.1. The van der Waals surface area contributed by atoms with Crippen molar-refractivity contribution >= 4 is 17.4 Å². The van der Waals surface area contributed by atoms with Crippen LogP contribution in [0, 0.1) is 0 Å². The molecule has 0 spiro atoms. The summed E-state index contributed by atoms with van der Waals surface area (Å²) in [7, 11) is 1.65. The van der Waals surface area contributed by atoms with Crippen molar-refractivity contribution < 1.29 is 9.84 Å². The lowest BCUT2D eigenvalue weighted by Gasteiger charge is -2.08. The second kappa shape index (κ2) is 6.58. The molecule has 84 valence electrons. The summed E-state index contributed by atoms with van der Waals surface area (Å²) in [4.78, 5) is 1.10. The zero-order valence-corrected chi connectivity index (χ0v) is 9.72. The molecule has 0 amide bonds. The number of unbranched alkanes of at least 4 members (excludes halogenated alkanes) is 1. The van der Waals surface area contributed by atoms with Crippen LogP contribution in [0.15, 0.2) is 23.1 Å². The van der Waals surface area contributed by atoms with Crippen LogP contribution >= 0.6 is 11.8 Å². The van der Waals surface area contributed by atoms with E-state index in [1.165, 1.54) is 0 Å². The number of nitrogens with two attached hydrogens (primary N) is 1. The Morgan fingerprint density at radius 2 is 2.20 bits per heavy atom. The SMILES string of the molecule is COc1cc(N)ccc1SCCCCO. The van der Waals surface area contributed by atoms with Crippen LogP contribution in [0.25, 0.3) is 0 Å². The second-order valence-corrected chi connectivity index (χ2v) is 4.33. The first-order valence-corrected chi connectivity index (χ1v) is 5.93. The van der Waals surface area contributed by atoms with Gasteiger partial charge in [0.15, 0.2) is 0 Å². The average molecular weight is 227 g/mol. The molecular formula is C11H17NO2S. The van der Waals surface area contributed by atoms with Gasteiger partial charge in [0.1, 0.15) is 5.75 Å². The van der Waals surface area contributed by atoms with E-state index in [1.54, 1.807) is 18.9 Å². The smallest absolute Gasteiger partial charge is 0.134 e. The van der Waals surface area contributed by atoms with Crippen LogP contribution in [0.4, 0.5) is 5.69 Å². The van der Waals surface area contributed by atoms with Crippen molar-refractivity contribution in [2.75, 3.05) is 25.2 Å². The fraction of sp³-hybridized carbons (Fsp3) is 0.455. The fourth-order valence-electron chi connectivity index (χ4n) is 1.20. The molecule has 0 saturated carbocycles. The minimum absolute atomic E-state index is 0.263. The number of hydrogen-bond acceptors (Lipinski definition) is 4. The van der Waals surface area contributed by atoms with Crippen molar-refractivity contribution in [3.05, 3.63) is 18.2 Å². The van der Waals surface area contributed by atoms with Gasteiger partial charge in [0.2, 0.25) is 0 Å². The van der Waals surface area contributed by atoms with Crippen molar-refractivity contribution in [2.45, 2.75) is 17.7 Å². The predicted molar refractivity (Wildman–Crippen MR) is 64.5 cm³/mol. The Morgan fingerprint density at radius 1 is 1.40 bits per heavy atom. The summed E-state index contributed by atoms with van der Waals surface area (Å²) in [6, 6.07) is 5.67. The van der Waals surface area contributed by atoms with Gasteiger partial charge in [-0.1, -0.05) is 0 Å². The highest BCUT2D eigenvalue weighted by atomic mass is 32.2.